The smallest absolute Gasteiger partial charge is 0.410 e. The Hall–Kier alpha value is -8.79. The van der Waals surface area contributed by atoms with Crippen LogP contribution >= 0.6 is 0 Å². The van der Waals surface area contributed by atoms with E-state index < -0.39 is 40.1 Å². The van der Waals surface area contributed by atoms with E-state index in [4.69, 9.17) is 18.9 Å². The Morgan fingerprint density at radius 1 is 0.624 bits per heavy atom. The molecular weight excluding hydrogens is 1200 g/mol. The molecule has 0 radical (unpaired) electrons. The highest BCUT2D eigenvalue weighted by Gasteiger charge is 2.46. The van der Waals surface area contributed by atoms with Crippen molar-refractivity contribution in [1.82, 2.24) is 69.0 Å². The fourth-order valence-electron chi connectivity index (χ4n) is 11.9. The van der Waals surface area contributed by atoms with Gasteiger partial charge in [0.05, 0.1) is 55.3 Å². The number of fused-ring (bicyclic) bond motifs is 2. The Morgan fingerprint density at radius 3 is 1.57 bits per heavy atom. The van der Waals surface area contributed by atoms with Gasteiger partial charge in [0.15, 0.2) is 29.6 Å². The molecule has 2 spiro atoms. The number of morpholine rings is 2. The summed E-state index contributed by atoms with van der Waals surface area (Å²) < 4.78 is 86.0. The molecule has 0 unspecified atom stereocenters. The maximum atomic E-state index is 15.1. The minimum atomic E-state index is -0.684. The van der Waals surface area contributed by atoms with Gasteiger partial charge in [0.25, 0.3) is 0 Å². The average molecular weight is 1290 g/mol. The van der Waals surface area contributed by atoms with E-state index in [9.17, 15) is 27.6 Å². The molecular formula is C66H80F4N16O7. The topological polar surface area (TPSA) is 247 Å². The van der Waals surface area contributed by atoms with Crippen molar-refractivity contribution in [2.45, 2.75) is 137 Å². The number of carbonyl (C=O) groups is 3. The standard InChI is InChI=1S/C33H40F2N8O3.C21H18F2N6O.C12H22N2O3/c1-20(2)43-21(3)38-29-24(34)13-23(14-26(29)43)28-25(35)16-37-30(40-28)39-27-8-7-22(15-36-27)17-41-11-12-45-33(18-41)9-10-42(19-33)31(44)46-32(4,5)6;1-11(2)29-12(3)26-20-15(22)6-14(7-17(20)29)19-16(23)9-25-21(28-19)27-18-5-4-13(10-30)8-24-18;1-11(2,3)17-10(15)14-6-4-12(9-14)8-13-5-7-16-12/h7-8,13-16,20H,9-12,17-19H2,1-6H3,(H,36,37,39,40);4-11H,1-3H3,(H,24,25,27,28);13H,4-9H2,1-3H3/t33-;;12-/m0.0/s1. The molecule has 27 heteroatoms. The summed E-state index contributed by atoms with van der Waals surface area (Å²) in [5, 5.41) is 9.21. The number of aryl methyl sites for hydroxylation is 2. The third-order valence-electron chi connectivity index (χ3n) is 15.9. The second-order valence-electron chi connectivity index (χ2n) is 26.3. The first-order chi connectivity index (χ1) is 44.1. The number of aldehydes is 1. The molecule has 0 bridgehead atoms. The Balaban J connectivity index is 0.000000171. The van der Waals surface area contributed by atoms with Crippen molar-refractivity contribution >= 4 is 64.1 Å². The van der Waals surface area contributed by atoms with E-state index >= 15 is 4.39 Å². The SMILES string of the molecule is CC(C)(C)OC(=O)N1CC[C@]2(CNCCO2)C1.Cc1nc2c(F)cc(-c3nc(Nc4ccc(C=O)cn4)ncc3F)cc2n1C(C)C.Cc1nc2c(F)cc(-c3nc(Nc4ccc(CN5CCO[C@@]6(CCN(C(=O)OC(C)(C)C)C6)C5)cn4)ncc3F)cc2n1C(C)C. The van der Waals surface area contributed by atoms with Crippen LogP contribution in [0.2, 0.25) is 0 Å². The van der Waals surface area contributed by atoms with Crippen LogP contribution in [0.1, 0.15) is 122 Å². The van der Waals surface area contributed by atoms with Crippen LogP contribution in [0.3, 0.4) is 0 Å². The van der Waals surface area contributed by atoms with Crippen molar-refractivity contribution in [3.05, 3.63) is 119 Å². The summed E-state index contributed by atoms with van der Waals surface area (Å²) in [5.74, 6) is -0.00194. The van der Waals surface area contributed by atoms with Gasteiger partial charge >= 0.3 is 12.2 Å². The molecule has 3 N–H and O–H groups in total. The lowest BCUT2D eigenvalue weighted by molar-refractivity contribution is -0.103. The molecule has 0 saturated carbocycles. The highest BCUT2D eigenvalue weighted by Crippen LogP contribution is 2.35. The fourth-order valence-corrected chi connectivity index (χ4v) is 11.9. The van der Waals surface area contributed by atoms with Crippen molar-refractivity contribution < 1.29 is 50.9 Å². The minimum Gasteiger partial charge on any atom is -0.444 e. The van der Waals surface area contributed by atoms with Gasteiger partial charge in [0, 0.05) is 87.0 Å². The van der Waals surface area contributed by atoms with E-state index in [-0.39, 0.29) is 75.3 Å². The van der Waals surface area contributed by atoms with Crippen LogP contribution < -0.4 is 16.0 Å². The zero-order valence-corrected chi connectivity index (χ0v) is 54.5. The number of amides is 2. The number of pyridine rings is 2. The molecule has 93 heavy (non-hydrogen) atoms. The lowest BCUT2D eigenvalue weighted by atomic mass is 10.0. The second kappa shape index (κ2) is 27.4. The van der Waals surface area contributed by atoms with Gasteiger partial charge in [0.2, 0.25) is 11.9 Å². The molecule has 4 aliphatic rings. The summed E-state index contributed by atoms with van der Waals surface area (Å²) in [6.07, 6.45) is 7.01. The number of imidazole rings is 2. The number of carbonyl (C=O) groups excluding carboxylic acids is 3. The summed E-state index contributed by atoms with van der Waals surface area (Å²) in [4.78, 5) is 74.9. The predicted molar refractivity (Wildman–Crippen MR) is 342 cm³/mol. The van der Waals surface area contributed by atoms with E-state index in [1.54, 1.807) is 47.2 Å². The van der Waals surface area contributed by atoms with E-state index in [0.717, 1.165) is 63.6 Å². The third kappa shape index (κ3) is 16.0. The molecule has 2 atom stereocenters. The molecule has 0 aliphatic carbocycles. The van der Waals surface area contributed by atoms with E-state index in [1.807, 2.05) is 97.4 Å². The molecule has 494 valence electrons. The largest absolute Gasteiger partial charge is 0.444 e. The molecule has 2 amide bonds. The molecule has 6 aromatic heterocycles. The number of anilines is 4. The first kappa shape index (κ1) is 67.1. The van der Waals surface area contributed by atoms with E-state index in [2.05, 4.69) is 60.7 Å². The summed E-state index contributed by atoms with van der Waals surface area (Å²) in [6, 6.07) is 12.9. The van der Waals surface area contributed by atoms with Crippen molar-refractivity contribution in [3.8, 4) is 22.5 Å². The molecule has 12 rings (SSSR count). The number of ether oxygens (including phenoxy) is 4. The van der Waals surface area contributed by atoms with Gasteiger partial charge in [0.1, 0.15) is 62.5 Å². The lowest BCUT2D eigenvalue weighted by Gasteiger charge is -2.40. The number of rotatable bonds is 11. The second-order valence-corrected chi connectivity index (χ2v) is 26.3. The molecule has 4 saturated heterocycles. The predicted octanol–water partition coefficient (Wildman–Crippen LogP) is 11.6. The quantitative estimate of drug-likeness (QED) is 0.0804. The average Bonchev–Trinajstić information content (AvgIpc) is 1.68. The number of benzene rings is 2. The third-order valence-corrected chi connectivity index (χ3v) is 15.9. The monoisotopic (exact) mass is 1280 g/mol. The maximum absolute atomic E-state index is 15.1. The van der Waals surface area contributed by atoms with Crippen molar-refractivity contribution in [2.75, 3.05) is 76.2 Å². The normalized spacial score (nSPS) is 18.5. The number of halogens is 4. The van der Waals surface area contributed by atoms with Crippen molar-refractivity contribution in [1.29, 1.82) is 0 Å². The van der Waals surface area contributed by atoms with Crippen LogP contribution in [0.5, 0.6) is 0 Å². The van der Waals surface area contributed by atoms with Gasteiger partial charge in [-0.2, -0.15) is 0 Å². The summed E-state index contributed by atoms with van der Waals surface area (Å²) >= 11 is 0. The van der Waals surface area contributed by atoms with Gasteiger partial charge in [-0.25, -0.2) is 67.0 Å². The molecule has 8 aromatic rings. The van der Waals surface area contributed by atoms with Gasteiger partial charge in [-0.05, 0) is 144 Å². The first-order valence-electron chi connectivity index (χ1n) is 31.1. The Morgan fingerprint density at radius 2 is 1.12 bits per heavy atom. The zero-order valence-electron chi connectivity index (χ0n) is 54.5. The van der Waals surface area contributed by atoms with Gasteiger partial charge < -0.3 is 53.8 Å². The summed E-state index contributed by atoms with van der Waals surface area (Å²) in [6.45, 7) is 30.4. The zero-order chi connectivity index (χ0) is 66.7. The molecule has 23 nitrogen and oxygen atoms in total. The van der Waals surface area contributed by atoms with Gasteiger partial charge in [-0.1, -0.05) is 6.07 Å². The van der Waals surface area contributed by atoms with Crippen LogP contribution in [0, 0.1) is 37.1 Å². The fraction of sp³-hybridized carbons (Fsp3) is 0.470. The van der Waals surface area contributed by atoms with Crippen molar-refractivity contribution in [3.63, 3.8) is 0 Å². The molecule has 4 aliphatic heterocycles. The minimum absolute atomic E-state index is 0.0255. The number of nitrogens with one attached hydrogen (secondary N) is 3. The maximum Gasteiger partial charge on any atom is 0.410 e. The molecule has 2 aromatic carbocycles. The summed E-state index contributed by atoms with van der Waals surface area (Å²) in [7, 11) is 0. The first-order valence-corrected chi connectivity index (χ1v) is 31.1. The Labute approximate surface area is 537 Å². The lowest BCUT2D eigenvalue weighted by Crippen LogP contribution is -2.53. The Kier molecular flexibility index (Phi) is 19.8. The molecule has 10 heterocycles. The van der Waals surface area contributed by atoms with E-state index in [0.29, 0.717) is 85.5 Å². The van der Waals surface area contributed by atoms with Gasteiger partial charge in [-0.3, -0.25) is 9.69 Å². The number of hydrogen-bond acceptors (Lipinski definition) is 19. The van der Waals surface area contributed by atoms with Crippen LogP contribution in [0.4, 0.5) is 50.7 Å². The number of hydrogen-bond donors (Lipinski definition) is 3. The van der Waals surface area contributed by atoms with Gasteiger partial charge in [-0.15, -0.1) is 0 Å². The van der Waals surface area contributed by atoms with Crippen LogP contribution in [-0.4, -0.2) is 170 Å². The highest BCUT2D eigenvalue weighted by atomic mass is 19.1. The molecule has 4 fully saturated rings. The number of aromatic nitrogens is 10. The highest BCUT2D eigenvalue weighted by molar-refractivity contribution is 5.84. The van der Waals surface area contributed by atoms with Crippen molar-refractivity contribution in [2.24, 2.45) is 0 Å². The van der Waals surface area contributed by atoms with Crippen LogP contribution in [0.15, 0.2) is 73.3 Å². The number of likely N-dealkylation sites (tertiary alicyclic amines) is 2. The number of nitrogens with zero attached hydrogens (tertiary/aromatic N) is 13. The Bertz CT molecular complexity index is 4020. The van der Waals surface area contributed by atoms with E-state index in [1.165, 1.54) is 18.3 Å². The van der Waals surface area contributed by atoms with Crippen LogP contribution in [-0.2, 0) is 25.5 Å². The summed E-state index contributed by atoms with van der Waals surface area (Å²) in [5.41, 5.74) is 1.95. The van der Waals surface area contributed by atoms with Crippen LogP contribution in [0.25, 0.3) is 44.6 Å².